The second-order valence-electron chi connectivity index (χ2n) is 7.12. The van der Waals surface area contributed by atoms with Crippen LogP contribution in [0.5, 0.6) is 17.2 Å². The predicted molar refractivity (Wildman–Crippen MR) is 116 cm³/mol. The maximum Gasteiger partial charge on any atom is 0.246 e. The fraction of sp³-hybridized carbons (Fsp3) is 0.545. The van der Waals surface area contributed by atoms with Gasteiger partial charge in [0.2, 0.25) is 17.6 Å². The van der Waals surface area contributed by atoms with Crippen LogP contribution in [0.2, 0.25) is 0 Å². The molecule has 1 aliphatic heterocycles. The third kappa shape index (κ3) is 5.89. The van der Waals surface area contributed by atoms with Crippen molar-refractivity contribution >= 4 is 17.9 Å². The molecular weight excluding hydrogens is 386 g/mol. The van der Waals surface area contributed by atoms with Crippen LogP contribution in [0.3, 0.4) is 0 Å². The summed E-state index contributed by atoms with van der Waals surface area (Å²) in [5.74, 6) is 1.56. The number of ether oxygens (including phenoxy) is 3. The molecule has 1 fully saturated rings. The highest BCUT2D eigenvalue weighted by molar-refractivity contribution is 5.92. The molecule has 2 rings (SSSR count). The van der Waals surface area contributed by atoms with E-state index in [-0.39, 0.29) is 17.9 Å². The Hall–Kier alpha value is -2.74. The van der Waals surface area contributed by atoms with Crippen LogP contribution in [0.4, 0.5) is 0 Å². The van der Waals surface area contributed by atoms with Crippen LogP contribution in [0.15, 0.2) is 18.2 Å². The van der Waals surface area contributed by atoms with Gasteiger partial charge in [-0.1, -0.05) is 6.92 Å². The Bertz CT molecular complexity index is 732. The number of nitrogens with one attached hydrogen (secondary N) is 1. The van der Waals surface area contributed by atoms with Gasteiger partial charge in [-0.25, -0.2) is 0 Å². The zero-order chi connectivity index (χ0) is 22.1. The van der Waals surface area contributed by atoms with Crippen molar-refractivity contribution in [3.05, 3.63) is 23.8 Å². The Balaban J connectivity index is 1.96. The van der Waals surface area contributed by atoms with Crippen LogP contribution in [-0.4, -0.2) is 81.7 Å². The minimum Gasteiger partial charge on any atom is -0.493 e. The van der Waals surface area contributed by atoms with E-state index >= 15 is 0 Å². The van der Waals surface area contributed by atoms with Crippen LogP contribution in [0.1, 0.15) is 25.8 Å². The summed E-state index contributed by atoms with van der Waals surface area (Å²) in [6.07, 6.45) is 4.20. The summed E-state index contributed by atoms with van der Waals surface area (Å²) in [5.41, 5.74) is 0.776. The van der Waals surface area contributed by atoms with Gasteiger partial charge in [-0.05, 0) is 37.1 Å². The van der Waals surface area contributed by atoms with Gasteiger partial charge in [0.05, 0.1) is 27.4 Å². The van der Waals surface area contributed by atoms with Gasteiger partial charge in [0.15, 0.2) is 11.5 Å². The summed E-state index contributed by atoms with van der Waals surface area (Å²) in [6.45, 7) is 7.14. The second kappa shape index (κ2) is 11.4. The number of methoxy groups -OCH3 is 3. The predicted octanol–water partition coefficient (Wildman–Crippen LogP) is 1.78. The average Bonchev–Trinajstić information content (AvgIpc) is 2.79. The first-order valence-electron chi connectivity index (χ1n) is 10.2. The van der Waals surface area contributed by atoms with E-state index in [9.17, 15) is 9.59 Å². The maximum atomic E-state index is 12.6. The van der Waals surface area contributed by atoms with E-state index in [2.05, 4.69) is 10.2 Å². The summed E-state index contributed by atoms with van der Waals surface area (Å²) < 4.78 is 16.0. The number of carbonyl (C=O) groups is 2. The van der Waals surface area contributed by atoms with Gasteiger partial charge in [-0.15, -0.1) is 0 Å². The molecule has 8 nitrogen and oxygen atoms in total. The van der Waals surface area contributed by atoms with E-state index in [4.69, 9.17) is 14.2 Å². The largest absolute Gasteiger partial charge is 0.493 e. The van der Waals surface area contributed by atoms with Crippen molar-refractivity contribution < 1.29 is 23.8 Å². The van der Waals surface area contributed by atoms with Gasteiger partial charge in [-0.3, -0.25) is 14.5 Å². The summed E-state index contributed by atoms with van der Waals surface area (Å²) in [4.78, 5) is 28.7. The van der Waals surface area contributed by atoms with Crippen LogP contribution < -0.4 is 19.5 Å². The number of benzene rings is 1. The van der Waals surface area contributed by atoms with Crippen molar-refractivity contribution in [1.82, 2.24) is 15.1 Å². The lowest BCUT2D eigenvalue weighted by Gasteiger charge is -2.37. The van der Waals surface area contributed by atoms with Gasteiger partial charge >= 0.3 is 0 Å². The third-order valence-corrected chi connectivity index (χ3v) is 5.21. The monoisotopic (exact) mass is 419 g/mol. The highest BCUT2D eigenvalue weighted by Crippen LogP contribution is 2.38. The molecule has 0 aliphatic carbocycles. The van der Waals surface area contributed by atoms with Crippen LogP contribution >= 0.6 is 0 Å². The fourth-order valence-electron chi connectivity index (χ4n) is 3.36. The smallest absolute Gasteiger partial charge is 0.246 e. The number of hydrogen-bond donors (Lipinski definition) is 1. The molecule has 30 heavy (non-hydrogen) atoms. The molecule has 1 heterocycles. The average molecular weight is 420 g/mol. The van der Waals surface area contributed by atoms with Crippen molar-refractivity contribution in [2.45, 2.75) is 26.3 Å². The SMILES string of the molecule is CCCNC(=O)C(C)N1CCN(C(=O)/C=C/c2cc(OC)c(OC)c(OC)c2)CC1. The second-order valence-corrected chi connectivity index (χ2v) is 7.12. The van der Waals surface area contributed by atoms with Crippen molar-refractivity contribution in [3.8, 4) is 17.2 Å². The summed E-state index contributed by atoms with van der Waals surface area (Å²) in [7, 11) is 4.66. The van der Waals surface area contributed by atoms with Gasteiger partial charge in [0.1, 0.15) is 0 Å². The maximum absolute atomic E-state index is 12.6. The van der Waals surface area contributed by atoms with Crippen molar-refractivity contribution in [2.24, 2.45) is 0 Å². The Labute approximate surface area is 178 Å². The van der Waals surface area contributed by atoms with E-state index in [1.165, 1.54) is 0 Å². The number of carbonyl (C=O) groups excluding carboxylic acids is 2. The zero-order valence-electron chi connectivity index (χ0n) is 18.6. The first kappa shape index (κ1) is 23.5. The minimum atomic E-state index is -0.191. The summed E-state index contributed by atoms with van der Waals surface area (Å²) >= 11 is 0. The van der Waals surface area contributed by atoms with Crippen molar-refractivity contribution in [1.29, 1.82) is 0 Å². The van der Waals surface area contributed by atoms with Crippen molar-refractivity contribution in [2.75, 3.05) is 54.1 Å². The Kier molecular flexibility index (Phi) is 8.98. The highest BCUT2D eigenvalue weighted by atomic mass is 16.5. The number of nitrogens with zero attached hydrogens (tertiary/aromatic N) is 2. The molecule has 1 aliphatic rings. The molecule has 1 atom stereocenters. The number of piperazine rings is 1. The molecule has 8 heteroatoms. The van der Waals surface area contributed by atoms with Gasteiger partial charge in [0, 0.05) is 38.8 Å². The summed E-state index contributed by atoms with van der Waals surface area (Å²) in [5, 5.41) is 2.93. The van der Waals surface area contributed by atoms with Gasteiger partial charge < -0.3 is 24.4 Å². The molecule has 1 aromatic rings. The van der Waals surface area contributed by atoms with Crippen LogP contribution in [0.25, 0.3) is 6.08 Å². The van der Waals surface area contributed by atoms with Gasteiger partial charge in [0.25, 0.3) is 0 Å². The minimum absolute atomic E-state index is 0.0407. The van der Waals surface area contributed by atoms with Crippen molar-refractivity contribution in [3.63, 3.8) is 0 Å². The zero-order valence-corrected chi connectivity index (χ0v) is 18.6. The number of amides is 2. The molecule has 1 saturated heterocycles. The number of rotatable bonds is 9. The van der Waals surface area contributed by atoms with E-state index in [0.29, 0.717) is 50.0 Å². The molecule has 1 N–H and O–H groups in total. The molecule has 0 bridgehead atoms. The van der Waals surface area contributed by atoms with E-state index in [1.54, 1.807) is 50.5 Å². The molecule has 2 amide bonds. The first-order valence-corrected chi connectivity index (χ1v) is 10.2. The topological polar surface area (TPSA) is 80.3 Å². The molecule has 1 aromatic carbocycles. The standard InChI is InChI=1S/C22H33N3O5/c1-6-9-23-22(27)16(2)24-10-12-25(13-11-24)20(26)8-7-17-14-18(28-3)21(30-5)19(15-17)29-4/h7-8,14-16H,6,9-13H2,1-5H3,(H,23,27)/b8-7+. The fourth-order valence-corrected chi connectivity index (χ4v) is 3.36. The lowest BCUT2D eigenvalue weighted by Crippen LogP contribution is -2.54. The lowest BCUT2D eigenvalue weighted by atomic mass is 10.1. The van der Waals surface area contributed by atoms with E-state index in [0.717, 1.165) is 12.0 Å². The molecule has 0 aromatic heterocycles. The number of hydrogen-bond acceptors (Lipinski definition) is 6. The third-order valence-electron chi connectivity index (χ3n) is 5.21. The Morgan fingerprint density at radius 2 is 1.67 bits per heavy atom. The molecule has 0 radical (unpaired) electrons. The first-order chi connectivity index (χ1) is 14.4. The highest BCUT2D eigenvalue weighted by Gasteiger charge is 2.26. The molecule has 166 valence electrons. The van der Waals surface area contributed by atoms with E-state index < -0.39 is 0 Å². The molecule has 0 saturated carbocycles. The quantitative estimate of drug-likeness (QED) is 0.615. The lowest BCUT2D eigenvalue weighted by molar-refractivity contribution is -0.130. The Morgan fingerprint density at radius 1 is 1.07 bits per heavy atom. The van der Waals surface area contributed by atoms with Gasteiger partial charge in [-0.2, -0.15) is 0 Å². The Morgan fingerprint density at radius 3 is 2.17 bits per heavy atom. The molecule has 0 spiro atoms. The van der Waals surface area contributed by atoms with Crippen LogP contribution in [-0.2, 0) is 9.59 Å². The summed E-state index contributed by atoms with van der Waals surface area (Å²) in [6, 6.07) is 3.39. The molecular formula is C22H33N3O5. The molecule has 1 unspecified atom stereocenters. The van der Waals surface area contributed by atoms with Crippen LogP contribution in [0, 0.1) is 0 Å². The normalized spacial score (nSPS) is 15.7. The van der Waals surface area contributed by atoms with E-state index in [1.807, 2.05) is 13.8 Å².